The van der Waals surface area contributed by atoms with Crippen LogP contribution >= 0.6 is 0 Å². The van der Waals surface area contributed by atoms with Crippen molar-refractivity contribution < 1.29 is 14.1 Å². The van der Waals surface area contributed by atoms with Crippen molar-refractivity contribution in [1.82, 2.24) is 14.9 Å². The lowest BCUT2D eigenvalue weighted by Gasteiger charge is -2.05. The Morgan fingerprint density at radius 2 is 1.81 bits per heavy atom. The van der Waals surface area contributed by atoms with E-state index in [2.05, 4.69) is 41.4 Å². The van der Waals surface area contributed by atoms with E-state index in [4.69, 9.17) is 9.26 Å². The minimum absolute atomic E-state index is 0.0458. The van der Waals surface area contributed by atoms with Crippen molar-refractivity contribution in [3.63, 3.8) is 0 Å². The Labute approximate surface area is 187 Å². The Morgan fingerprint density at radius 3 is 2.56 bits per heavy atom. The summed E-state index contributed by atoms with van der Waals surface area (Å²) < 4.78 is 12.6. The molecule has 6 heteroatoms. The van der Waals surface area contributed by atoms with Crippen LogP contribution in [0.3, 0.4) is 0 Å². The number of hydrogen-bond donors (Lipinski definition) is 0. The van der Waals surface area contributed by atoms with Gasteiger partial charge in [0, 0.05) is 29.0 Å². The Kier molecular flexibility index (Phi) is 6.31. The van der Waals surface area contributed by atoms with E-state index in [1.54, 1.807) is 12.1 Å². The summed E-state index contributed by atoms with van der Waals surface area (Å²) in [5.41, 5.74) is 6.67. The van der Waals surface area contributed by atoms with Gasteiger partial charge in [-0.25, -0.2) is 4.79 Å². The Morgan fingerprint density at radius 1 is 1.06 bits per heavy atom. The van der Waals surface area contributed by atoms with Crippen LogP contribution in [-0.2, 0) is 22.7 Å². The minimum atomic E-state index is -0.445. The highest BCUT2D eigenvalue weighted by Crippen LogP contribution is 2.20. The molecule has 0 radical (unpaired) electrons. The lowest BCUT2D eigenvalue weighted by atomic mass is 10.1. The van der Waals surface area contributed by atoms with E-state index in [1.807, 2.05) is 48.9 Å². The van der Waals surface area contributed by atoms with Gasteiger partial charge in [0.25, 0.3) is 0 Å². The van der Waals surface area contributed by atoms with Crippen LogP contribution in [0.5, 0.6) is 0 Å². The molecule has 4 rings (SSSR count). The Hall–Kier alpha value is -3.93. The normalized spacial score (nSPS) is 11.2. The maximum atomic E-state index is 12.2. The van der Waals surface area contributed by atoms with Gasteiger partial charge in [-0.05, 0) is 32.4 Å². The molecule has 0 aliphatic heterocycles. The number of nitrogens with zero attached hydrogens (tertiary/aromatic N) is 3. The van der Waals surface area contributed by atoms with Crippen LogP contribution in [-0.4, -0.2) is 20.9 Å². The standard InChI is InChI=1S/C26H25N3O3/c1-18-9-11-21(12-10-18)16-29-20(3)24(19(2)27-29)13-14-26(30)31-17-23-15-25(32-28-23)22-7-5-4-6-8-22/h4-15H,16-17H2,1-3H3/b14-13-. The predicted octanol–water partition coefficient (Wildman–Crippen LogP) is 5.27. The first-order valence-electron chi connectivity index (χ1n) is 10.4. The van der Waals surface area contributed by atoms with Gasteiger partial charge in [-0.3, -0.25) is 4.68 Å². The van der Waals surface area contributed by atoms with Crippen molar-refractivity contribution in [2.45, 2.75) is 33.9 Å². The second-order valence-electron chi connectivity index (χ2n) is 7.72. The molecule has 0 saturated carbocycles. The third-order valence-corrected chi connectivity index (χ3v) is 5.26. The van der Waals surface area contributed by atoms with Gasteiger partial charge in [0.1, 0.15) is 12.3 Å². The van der Waals surface area contributed by atoms with E-state index >= 15 is 0 Å². The summed E-state index contributed by atoms with van der Waals surface area (Å²) in [4.78, 5) is 12.2. The zero-order valence-corrected chi connectivity index (χ0v) is 18.4. The van der Waals surface area contributed by atoms with E-state index in [-0.39, 0.29) is 6.61 Å². The van der Waals surface area contributed by atoms with Crippen LogP contribution in [0.4, 0.5) is 0 Å². The van der Waals surface area contributed by atoms with Crippen LogP contribution in [0, 0.1) is 20.8 Å². The summed E-state index contributed by atoms with van der Waals surface area (Å²) in [6.45, 7) is 6.73. The molecular weight excluding hydrogens is 402 g/mol. The van der Waals surface area contributed by atoms with Gasteiger partial charge in [0.2, 0.25) is 0 Å². The number of ether oxygens (including phenoxy) is 1. The van der Waals surface area contributed by atoms with Crippen LogP contribution in [0.25, 0.3) is 17.4 Å². The fourth-order valence-electron chi connectivity index (χ4n) is 3.44. The maximum absolute atomic E-state index is 12.2. The predicted molar refractivity (Wildman–Crippen MR) is 123 cm³/mol. The number of rotatable bonds is 7. The summed E-state index contributed by atoms with van der Waals surface area (Å²) in [7, 11) is 0. The molecule has 0 amide bonds. The molecule has 0 saturated heterocycles. The molecule has 0 spiro atoms. The molecule has 0 N–H and O–H groups in total. The van der Waals surface area contributed by atoms with E-state index < -0.39 is 5.97 Å². The smallest absolute Gasteiger partial charge is 0.331 e. The van der Waals surface area contributed by atoms with Gasteiger partial charge in [-0.1, -0.05) is 65.3 Å². The molecule has 0 aliphatic rings. The van der Waals surface area contributed by atoms with Crippen molar-refractivity contribution >= 4 is 12.0 Å². The van der Waals surface area contributed by atoms with E-state index in [1.165, 1.54) is 17.2 Å². The van der Waals surface area contributed by atoms with Crippen molar-refractivity contribution in [1.29, 1.82) is 0 Å². The molecule has 0 atom stereocenters. The first-order valence-corrected chi connectivity index (χ1v) is 10.4. The first-order chi connectivity index (χ1) is 15.5. The molecule has 32 heavy (non-hydrogen) atoms. The van der Waals surface area contributed by atoms with Crippen LogP contribution in [0.2, 0.25) is 0 Å². The largest absolute Gasteiger partial charge is 0.456 e. The maximum Gasteiger partial charge on any atom is 0.331 e. The second-order valence-corrected chi connectivity index (χ2v) is 7.72. The number of aryl methyl sites for hydroxylation is 2. The van der Waals surface area contributed by atoms with Gasteiger partial charge in [-0.2, -0.15) is 5.10 Å². The number of carbonyl (C=O) groups is 1. The zero-order valence-electron chi connectivity index (χ0n) is 18.4. The Balaban J connectivity index is 1.37. The Bertz CT molecular complexity index is 1240. The molecule has 162 valence electrons. The van der Waals surface area contributed by atoms with E-state index in [0.29, 0.717) is 18.0 Å². The number of hydrogen-bond acceptors (Lipinski definition) is 5. The second kappa shape index (κ2) is 9.47. The zero-order chi connectivity index (χ0) is 22.5. The van der Waals surface area contributed by atoms with E-state index in [0.717, 1.165) is 22.5 Å². The third-order valence-electron chi connectivity index (χ3n) is 5.26. The summed E-state index contributed by atoms with van der Waals surface area (Å²) in [6, 6.07) is 19.8. The average Bonchev–Trinajstić information content (AvgIpc) is 3.38. The fourth-order valence-corrected chi connectivity index (χ4v) is 3.44. The highest BCUT2D eigenvalue weighted by atomic mass is 16.5. The molecule has 2 aromatic carbocycles. The molecular formula is C26H25N3O3. The average molecular weight is 428 g/mol. The molecule has 0 bridgehead atoms. The van der Waals surface area contributed by atoms with Gasteiger partial charge < -0.3 is 9.26 Å². The third kappa shape index (κ3) is 5.03. The fraction of sp³-hybridized carbons (Fsp3) is 0.192. The van der Waals surface area contributed by atoms with E-state index in [9.17, 15) is 4.79 Å². The molecule has 2 heterocycles. The molecule has 6 nitrogen and oxygen atoms in total. The number of benzene rings is 2. The van der Waals surface area contributed by atoms with Crippen molar-refractivity contribution in [2.75, 3.05) is 0 Å². The topological polar surface area (TPSA) is 70.2 Å². The van der Waals surface area contributed by atoms with Crippen molar-refractivity contribution in [3.8, 4) is 11.3 Å². The first kappa shape index (κ1) is 21.3. The molecule has 2 aromatic heterocycles. The van der Waals surface area contributed by atoms with Gasteiger partial charge in [0.05, 0.1) is 12.2 Å². The minimum Gasteiger partial charge on any atom is -0.456 e. The van der Waals surface area contributed by atoms with Gasteiger partial charge in [0.15, 0.2) is 5.76 Å². The van der Waals surface area contributed by atoms with Crippen LogP contribution in [0.15, 0.2) is 71.3 Å². The summed E-state index contributed by atoms with van der Waals surface area (Å²) in [6.07, 6.45) is 3.18. The summed E-state index contributed by atoms with van der Waals surface area (Å²) in [5, 5.41) is 8.59. The highest BCUT2D eigenvalue weighted by Gasteiger charge is 2.11. The quantitative estimate of drug-likeness (QED) is 0.297. The van der Waals surface area contributed by atoms with Gasteiger partial charge in [-0.15, -0.1) is 0 Å². The molecule has 0 fully saturated rings. The highest BCUT2D eigenvalue weighted by molar-refractivity contribution is 5.87. The lowest BCUT2D eigenvalue weighted by Crippen LogP contribution is -2.04. The lowest BCUT2D eigenvalue weighted by molar-refractivity contribution is -0.139. The SMILES string of the molecule is Cc1ccc(Cn2nc(C)c(/C=C\C(=O)OCc3cc(-c4ccccc4)on3)c2C)cc1. The summed E-state index contributed by atoms with van der Waals surface area (Å²) >= 11 is 0. The number of carbonyl (C=O) groups excluding carboxylic acids is 1. The number of esters is 1. The molecule has 0 aliphatic carbocycles. The number of aromatic nitrogens is 3. The van der Waals surface area contributed by atoms with Crippen LogP contribution < -0.4 is 0 Å². The summed E-state index contributed by atoms with van der Waals surface area (Å²) in [5.74, 6) is 0.193. The molecule has 0 unspecified atom stereocenters. The molecule has 4 aromatic rings. The monoisotopic (exact) mass is 427 g/mol. The van der Waals surface area contributed by atoms with Crippen LogP contribution in [0.1, 0.15) is 33.8 Å². The van der Waals surface area contributed by atoms with Crippen molar-refractivity contribution in [3.05, 3.63) is 101 Å². The van der Waals surface area contributed by atoms with Gasteiger partial charge >= 0.3 is 5.97 Å². The van der Waals surface area contributed by atoms with Crippen molar-refractivity contribution in [2.24, 2.45) is 0 Å².